The van der Waals surface area contributed by atoms with Crippen molar-refractivity contribution in [3.8, 4) is 0 Å². The third-order valence-corrected chi connectivity index (χ3v) is 2.00. The van der Waals surface area contributed by atoms with Crippen LogP contribution in [0.15, 0.2) is 4.42 Å². The lowest BCUT2D eigenvalue weighted by Crippen LogP contribution is -2.33. The molecule has 1 aromatic rings. The first-order chi connectivity index (χ1) is 7.57. The second-order valence-corrected chi connectivity index (χ2v) is 4.08. The number of nitrogens with one attached hydrogen (secondary N) is 2. The van der Waals surface area contributed by atoms with Crippen molar-refractivity contribution in [2.45, 2.75) is 32.9 Å². The molecule has 0 fully saturated rings. The molecule has 92 valence electrons. The molecule has 0 radical (unpaired) electrons. The third-order valence-electron chi connectivity index (χ3n) is 2.00. The fraction of sp³-hybridized carbons (Fsp3) is 0.800. The monoisotopic (exact) mass is 228 g/mol. The lowest BCUT2D eigenvalue weighted by Gasteiger charge is -2.24. The van der Waals surface area contributed by atoms with Gasteiger partial charge >= 0.3 is 6.01 Å². The van der Waals surface area contributed by atoms with Gasteiger partial charge in [-0.2, -0.15) is 0 Å². The van der Waals surface area contributed by atoms with Gasteiger partial charge in [0.05, 0.1) is 12.1 Å². The standard InChI is InChI=1S/C10H20N4O2/c1-5-15-10(2,3)7-12-9-14-13-8(16-9)6-11-4/h11H,5-7H2,1-4H3,(H,12,14). The van der Waals surface area contributed by atoms with Crippen molar-refractivity contribution in [3.05, 3.63) is 5.89 Å². The molecule has 0 aliphatic heterocycles. The average Bonchev–Trinajstić information content (AvgIpc) is 2.64. The van der Waals surface area contributed by atoms with E-state index < -0.39 is 0 Å². The molecular formula is C10H20N4O2. The van der Waals surface area contributed by atoms with Crippen molar-refractivity contribution >= 4 is 6.01 Å². The van der Waals surface area contributed by atoms with Crippen LogP contribution in [0.2, 0.25) is 0 Å². The van der Waals surface area contributed by atoms with Gasteiger partial charge in [-0.25, -0.2) is 0 Å². The predicted molar refractivity (Wildman–Crippen MR) is 61.3 cm³/mol. The topological polar surface area (TPSA) is 72.2 Å². The Morgan fingerprint density at radius 1 is 1.38 bits per heavy atom. The van der Waals surface area contributed by atoms with Crippen LogP contribution in [0.1, 0.15) is 26.7 Å². The molecule has 0 spiro atoms. The molecule has 0 aromatic carbocycles. The Hall–Kier alpha value is -1.14. The summed E-state index contributed by atoms with van der Waals surface area (Å²) in [7, 11) is 1.83. The Kier molecular flexibility index (Phi) is 4.70. The summed E-state index contributed by atoms with van der Waals surface area (Å²) in [5.41, 5.74) is -0.244. The minimum atomic E-state index is -0.244. The number of hydrogen-bond acceptors (Lipinski definition) is 6. The van der Waals surface area contributed by atoms with Crippen molar-refractivity contribution in [1.82, 2.24) is 15.5 Å². The molecule has 0 bridgehead atoms. The lowest BCUT2D eigenvalue weighted by atomic mass is 10.1. The zero-order chi connectivity index (χ0) is 12.0. The molecule has 1 rings (SSSR count). The molecule has 0 saturated carbocycles. The maximum atomic E-state index is 5.54. The van der Waals surface area contributed by atoms with Crippen LogP contribution in [0, 0.1) is 0 Å². The summed E-state index contributed by atoms with van der Waals surface area (Å²) in [4.78, 5) is 0. The van der Waals surface area contributed by atoms with E-state index in [1.165, 1.54) is 0 Å². The van der Waals surface area contributed by atoms with E-state index in [1.54, 1.807) is 0 Å². The molecule has 16 heavy (non-hydrogen) atoms. The largest absolute Gasteiger partial charge is 0.407 e. The first-order valence-electron chi connectivity index (χ1n) is 5.42. The molecule has 6 heteroatoms. The summed E-state index contributed by atoms with van der Waals surface area (Å²) in [5, 5.41) is 13.7. The van der Waals surface area contributed by atoms with E-state index in [0.717, 1.165) is 0 Å². The van der Waals surface area contributed by atoms with Crippen molar-refractivity contribution in [2.75, 3.05) is 25.5 Å². The van der Waals surface area contributed by atoms with Gasteiger partial charge in [0.25, 0.3) is 0 Å². The first kappa shape index (κ1) is 12.9. The summed E-state index contributed by atoms with van der Waals surface area (Å²) in [6.07, 6.45) is 0. The fourth-order valence-corrected chi connectivity index (χ4v) is 1.28. The van der Waals surface area contributed by atoms with Crippen LogP contribution in [0.4, 0.5) is 6.01 Å². The van der Waals surface area contributed by atoms with Gasteiger partial charge < -0.3 is 19.8 Å². The van der Waals surface area contributed by atoms with E-state index in [9.17, 15) is 0 Å². The minimum Gasteiger partial charge on any atom is -0.407 e. The van der Waals surface area contributed by atoms with E-state index in [4.69, 9.17) is 9.15 Å². The van der Waals surface area contributed by atoms with Crippen molar-refractivity contribution < 1.29 is 9.15 Å². The second kappa shape index (κ2) is 5.81. The van der Waals surface area contributed by atoms with Crippen molar-refractivity contribution in [2.24, 2.45) is 0 Å². The van der Waals surface area contributed by atoms with Gasteiger partial charge in [-0.1, -0.05) is 5.10 Å². The highest BCUT2D eigenvalue weighted by molar-refractivity contribution is 5.17. The summed E-state index contributed by atoms with van der Waals surface area (Å²) in [6.45, 7) is 7.87. The van der Waals surface area contributed by atoms with Crippen LogP contribution >= 0.6 is 0 Å². The Labute approximate surface area is 95.8 Å². The van der Waals surface area contributed by atoms with E-state index in [2.05, 4.69) is 20.8 Å². The Morgan fingerprint density at radius 3 is 2.75 bits per heavy atom. The van der Waals surface area contributed by atoms with Crippen LogP contribution in [-0.4, -0.2) is 36.0 Å². The number of nitrogens with zero attached hydrogens (tertiary/aromatic N) is 2. The molecule has 6 nitrogen and oxygen atoms in total. The number of hydrogen-bond donors (Lipinski definition) is 2. The number of aromatic nitrogens is 2. The van der Waals surface area contributed by atoms with Crippen LogP contribution in [0.3, 0.4) is 0 Å². The maximum absolute atomic E-state index is 5.54. The van der Waals surface area contributed by atoms with E-state index in [-0.39, 0.29) is 5.60 Å². The average molecular weight is 228 g/mol. The van der Waals surface area contributed by atoms with Gasteiger partial charge in [0.15, 0.2) is 0 Å². The molecule has 1 aromatic heterocycles. The molecule has 0 saturated heterocycles. The molecule has 0 aliphatic carbocycles. The number of rotatable bonds is 7. The van der Waals surface area contributed by atoms with Gasteiger partial charge in [0.2, 0.25) is 5.89 Å². The Balaban J connectivity index is 2.41. The molecular weight excluding hydrogens is 208 g/mol. The van der Waals surface area contributed by atoms with Gasteiger partial charge in [0.1, 0.15) is 0 Å². The molecule has 1 heterocycles. The quantitative estimate of drug-likeness (QED) is 0.726. The van der Waals surface area contributed by atoms with Gasteiger partial charge in [-0.15, -0.1) is 5.10 Å². The summed E-state index contributed by atoms with van der Waals surface area (Å²) in [6, 6.07) is 0.429. The van der Waals surface area contributed by atoms with E-state index in [0.29, 0.717) is 31.6 Å². The van der Waals surface area contributed by atoms with Gasteiger partial charge in [-0.3, -0.25) is 0 Å². The normalized spacial score (nSPS) is 11.8. The highest BCUT2D eigenvalue weighted by Crippen LogP contribution is 2.11. The summed E-state index contributed by atoms with van der Waals surface area (Å²) >= 11 is 0. The summed E-state index contributed by atoms with van der Waals surface area (Å²) in [5.74, 6) is 0.569. The number of anilines is 1. The van der Waals surface area contributed by atoms with E-state index >= 15 is 0 Å². The SMILES string of the molecule is CCOC(C)(C)CNc1nnc(CNC)o1. The Bertz CT molecular complexity index is 312. The molecule has 2 N–H and O–H groups in total. The van der Waals surface area contributed by atoms with Crippen molar-refractivity contribution in [3.63, 3.8) is 0 Å². The molecule has 0 atom stereocenters. The lowest BCUT2D eigenvalue weighted by molar-refractivity contribution is 0.000339. The highest BCUT2D eigenvalue weighted by atomic mass is 16.5. The molecule has 0 amide bonds. The van der Waals surface area contributed by atoms with Crippen LogP contribution in [0.5, 0.6) is 0 Å². The fourth-order valence-electron chi connectivity index (χ4n) is 1.28. The minimum absolute atomic E-state index is 0.244. The summed E-state index contributed by atoms with van der Waals surface area (Å²) < 4.78 is 10.9. The molecule has 0 aliphatic rings. The zero-order valence-corrected chi connectivity index (χ0v) is 10.3. The van der Waals surface area contributed by atoms with Gasteiger partial charge in [-0.05, 0) is 27.8 Å². The van der Waals surface area contributed by atoms with Crippen LogP contribution < -0.4 is 10.6 Å². The highest BCUT2D eigenvalue weighted by Gasteiger charge is 2.18. The van der Waals surface area contributed by atoms with Crippen LogP contribution in [0.25, 0.3) is 0 Å². The van der Waals surface area contributed by atoms with Gasteiger partial charge in [0, 0.05) is 13.2 Å². The number of ether oxygens (including phenoxy) is 1. The van der Waals surface area contributed by atoms with Crippen molar-refractivity contribution in [1.29, 1.82) is 0 Å². The second-order valence-electron chi connectivity index (χ2n) is 4.08. The first-order valence-corrected chi connectivity index (χ1v) is 5.42. The smallest absolute Gasteiger partial charge is 0.315 e. The Morgan fingerprint density at radius 2 is 2.12 bits per heavy atom. The maximum Gasteiger partial charge on any atom is 0.315 e. The van der Waals surface area contributed by atoms with E-state index in [1.807, 2.05) is 27.8 Å². The third kappa shape index (κ3) is 4.16. The molecule has 0 unspecified atom stereocenters. The van der Waals surface area contributed by atoms with Crippen LogP contribution in [-0.2, 0) is 11.3 Å². The predicted octanol–water partition coefficient (Wildman–Crippen LogP) is 1.02. The zero-order valence-electron chi connectivity index (χ0n) is 10.3.